The minimum Gasteiger partial charge on any atom is -0.338 e. The van der Waals surface area contributed by atoms with Gasteiger partial charge in [0.1, 0.15) is 0 Å². The molecule has 0 aliphatic carbocycles. The molecule has 1 aromatic rings. The third-order valence-corrected chi connectivity index (χ3v) is 5.85. The molecule has 5 heteroatoms. The van der Waals surface area contributed by atoms with Crippen LogP contribution in [0.5, 0.6) is 0 Å². The van der Waals surface area contributed by atoms with Crippen molar-refractivity contribution >= 4 is 15.7 Å². The highest BCUT2D eigenvalue weighted by Crippen LogP contribution is 2.19. The van der Waals surface area contributed by atoms with Crippen molar-refractivity contribution in [3.63, 3.8) is 0 Å². The van der Waals surface area contributed by atoms with Gasteiger partial charge in [-0.15, -0.1) is 0 Å². The number of unbranched alkanes of at least 4 members (excludes halogenated alkanes) is 1. The summed E-state index contributed by atoms with van der Waals surface area (Å²) in [5.74, 6) is 0.175. The Hall–Kier alpha value is -1.36. The first-order chi connectivity index (χ1) is 9.93. The van der Waals surface area contributed by atoms with Gasteiger partial charge in [0.2, 0.25) is 0 Å². The van der Waals surface area contributed by atoms with Gasteiger partial charge in [0.05, 0.1) is 11.5 Å². The summed E-state index contributed by atoms with van der Waals surface area (Å²) >= 11 is 0. The number of hydrogen-bond donors (Lipinski definition) is 0. The first-order valence-electron chi connectivity index (χ1n) is 7.49. The van der Waals surface area contributed by atoms with E-state index in [0.29, 0.717) is 12.0 Å². The quantitative estimate of drug-likeness (QED) is 0.838. The van der Waals surface area contributed by atoms with E-state index < -0.39 is 9.84 Å². The van der Waals surface area contributed by atoms with Crippen LogP contribution in [-0.2, 0) is 16.3 Å². The Balaban J connectivity index is 2.02. The highest BCUT2D eigenvalue weighted by atomic mass is 32.2. The van der Waals surface area contributed by atoms with Gasteiger partial charge in [0.15, 0.2) is 9.84 Å². The fourth-order valence-corrected chi connectivity index (χ4v) is 4.42. The molecule has 116 valence electrons. The monoisotopic (exact) mass is 309 g/mol. The summed E-state index contributed by atoms with van der Waals surface area (Å²) in [6.45, 7) is 2.16. The maximum absolute atomic E-state index is 12.4. The van der Waals surface area contributed by atoms with Crippen LogP contribution < -0.4 is 0 Å². The van der Waals surface area contributed by atoms with Gasteiger partial charge in [-0.2, -0.15) is 0 Å². The molecule has 1 saturated heterocycles. The Morgan fingerprint density at radius 3 is 2.48 bits per heavy atom. The predicted octanol–water partition coefficient (Wildman–Crippen LogP) is 2.29. The van der Waals surface area contributed by atoms with Crippen LogP contribution in [0.1, 0.15) is 42.1 Å². The van der Waals surface area contributed by atoms with Crippen molar-refractivity contribution in [1.82, 2.24) is 4.90 Å². The zero-order valence-electron chi connectivity index (χ0n) is 12.7. The minimum absolute atomic E-state index is 0.0871. The molecular weight excluding hydrogens is 286 g/mol. The van der Waals surface area contributed by atoms with Crippen molar-refractivity contribution < 1.29 is 13.2 Å². The molecule has 0 radical (unpaired) electrons. The van der Waals surface area contributed by atoms with E-state index in [1.807, 2.05) is 24.3 Å². The van der Waals surface area contributed by atoms with Crippen molar-refractivity contribution in [1.29, 1.82) is 0 Å². The van der Waals surface area contributed by atoms with E-state index in [4.69, 9.17) is 0 Å². The standard InChI is InChI=1S/C16H23NO3S/c1-3-4-5-13-6-8-14(9-7-13)16(18)17(2)15-10-11-21(19,20)12-15/h6-9,15H,3-5,10-12H2,1-2H3. The summed E-state index contributed by atoms with van der Waals surface area (Å²) in [7, 11) is -1.27. The molecule has 21 heavy (non-hydrogen) atoms. The molecule has 1 aromatic carbocycles. The van der Waals surface area contributed by atoms with Crippen LogP contribution in [0, 0.1) is 0 Å². The van der Waals surface area contributed by atoms with Crippen LogP contribution in [0.25, 0.3) is 0 Å². The Morgan fingerprint density at radius 2 is 1.95 bits per heavy atom. The normalized spacial score (nSPS) is 20.4. The van der Waals surface area contributed by atoms with Gasteiger partial charge < -0.3 is 4.90 Å². The van der Waals surface area contributed by atoms with Crippen molar-refractivity contribution in [3.05, 3.63) is 35.4 Å². The third kappa shape index (κ3) is 4.06. The number of rotatable bonds is 5. The molecule has 1 heterocycles. The second-order valence-corrected chi connectivity index (χ2v) is 8.00. The van der Waals surface area contributed by atoms with Crippen molar-refractivity contribution in [2.24, 2.45) is 0 Å². The van der Waals surface area contributed by atoms with Crippen molar-refractivity contribution in [3.8, 4) is 0 Å². The molecule has 1 amide bonds. The Labute approximate surface area is 127 Å². The van der Waals surface area contributed by atoms with Gasteiger partial charge in [-0.3, -0.25) is 4.79 Å². The maximum atomic E-state index is 12.4. The number of nitrogens with zero attached hydrogens (tertiary/aromatic N) is 1. The summed E-state index contributed by atoms with van der Waals surface area (Å²) in [6.07, 6.45) is 3.87. The number of hydrogen-bond acceptors (Lipinski definition) is 3. The zero-order valence-corrected chi connectivity index (χ0v) is 13.5. The zero-order chi connectivity index (χ0) is 15.5. The third-order valence-electron chi connectivity index (χ3n) is 4.10. The molecule has 0 saturated carbocycles. The molecule has 2 rings (SSSR count). The van der Waals surface area contributed by atoms with E-state index in [1.54, 1.807) is 11.9 Å². The minimum atomic E-state index is -2.97. The number of aryl methyl sites for hydroxylation is 1. The molecule has 0 spiro atoms. The lowest BCUT2D eigenvalue weighted by Crippen LogP contribution is -2.37. The molecule has 0 aromatic heterocycles. The van der Waals surface area contributed by atoms with Gasteiger partial charge in [0.25, 0.3) is 5.91 Å². The lowest BCUT2D eigenvalue weighted by Gasteiger charge is -2.23. The van der Waals surface area contributed by atoms with Gasteiger partial charge >= 0.3 is 0 Å². The number of carbonyl (C=O) groups excluding carboxylic acids is 1. The molecule has 0 N–H and O–H groups in total. The lowest BCUT2D eigenvalue weighted by molar-refractivity contribution is 0.0747. The number of sulfone groups is 1. The fourth-order valence-electron chi connectivity index (χ4n) is 2.65. The van der Waals surface area contributed by atoms with Gasteiger partial charge in [-0.25, -0.2) is 8.42 Å². The Bertz CT molecular complexity index is 592. The molecule has 1 fully saturated rings. The van der Waals surface area contributed by atoms with Crippen LogP contribution in [0.4, 0.5) is 0 Å². The summed E-state index contributed by atoms with van der Waals surface area (Å²) < 4.78 is 23.0. The highest BCUT2D eigenvalue weighted by Gasteiger charge is 2.32. The molecular formula is C16H23NO3S. The van der Waals surface area contributed by atoms with E-state index >= 15 is 0 Å². The van der Waals surface area contributed by atoms with Crippen LogP contribution in [0.2, 0.25) is 0 Å². The number of carbonyl (C=O) groups is 1. The van der Waals surface area contributed by atoms with Crippen LogP contribution >= 0.6 is 0 Å². The summed E-state index contributed by atoms with van der Waals surface area (Å²) in [6, 6.07) is 7.47. The first-order valence-corrected chi connectivity index (χ1v) is 9.31. The topological polar surface area (TPSA) is 54.5 Å². The van der Waals surface area contributed by atoms with E-state index in [2.05, 4.69) is 6.92 Å². The molecule has 1 aliphatic rings. The van der Waals surface area contributed by atoms with E-state index in [1.165, 1.54) is 5.56 Å². The van der Waals surface area contributed by atoms with Crippen molar-refractivity contribution in [2.75, 3.05) is 18.6 Å². The average Bonchev–Trinajstić information content (AvgIpc) is 2.84. The van der Waals surface area contributed by atoms with Crippen LogP contribution in [0.3, 0.4) is 0 Å². The van der Waals surface area contributed by atoms with E-state index in [9.17, 15) is 13.2 Å². The lowest BCUT2D eigenvalue weighted by atomic mass is 10.1. The fraction of sp³-hybridized carbons (Fsp3) is 0.562. The average molecular weight is 309 g/mol. The second-order valence-electron chi connectivity index (χ2n) is 5.77. The number of benzene rings is 1. The number of amides is 1. The van der Waals surface area contributed by atoms with Gasteiger partial charge in [-0.1, -0.05) is 25.5 Å². The first kappa shape index (κ1) is 16.0. The SMILES string of the molecule is CCCCc1ccc(C(=O)N(C)C2CCS(=O)(=O)C2)cc1. The Kier molecular flexibility index (Phi) is 5.04. The largest absolute Gasteiger partial charge is 0.338 e. The molecule has 1 atom stereocenters. The van der Waals surface area contributed by atoms with Gasteiger partial charge in [-0.05, 0) is 37.0 Å². The molecule has 1 aliphatic heterocycles. The van der Waals surface area contributed by atoms with E-state index in [-0.39, 0.29) is 23.5 Å². The second kappa shape index (κ2) is 6.60. The highest BCUT2D eigenvalue weighted by molar-refractivity contribution is 7.91. The smallest absolute Gasteiger partial charge is 0.253 e. The summed E-state index contributed by atoms with van der Waals surface area (Å²) in [4.78, 5) is 14.0. The molecule has 0 bridgehead atoms. The van der Waals surface area contributed by atoms with E-state index in [0.717, 1.165) is 19.3 Å². The van der Waals surface area contributed by atoms with Gasteiger partial charge in [0, 0.05) is 18.7 Å². The Morgan fingerprint density at radius 1 is 1.29 bits per heavy atom. The predicted molar refractivity (Wildman–Crippen MR) is 84.2 cm³/mol. The molecule has 4 nitrogen and oxygen atoms in total. The summed E-state index contributed by atoms with van der Waals surface area (Å²) in [5.41, 5.74) is 1.86. The molecule has 1 unspecified atom stereocenters. The van der Waals surface area contributed by atoms with Crippen LogP contribution in [0.15, 0.2) is 24.3 Å². The van der Waals surface area contributed by atoms with Crippen LogP contribution in [-0.4, -0.2) is 43.8 Å². The maximum Gasteiger partial charge on any atom is 0.253 e. The summed E-state index contributed by atoms with van der Waals surface area (Å²) in [5, 5.41) is 0. The van der Waals surface area contributed by atoms with Crippen molar-refractivity contribution in [2.45, 2.75) is 38.6 Å².